The second kappa shape index (κ2) is 10.00. The smallest absolute Gasteiger partial charge is 0.119 e. The second-order valence-corrected chi connectivity index (χ2v) is 8.18. The molecule has 0 amide bonds. The number of hydrogen-bond donors (Lipinski definition) is 0. The SMILES string of the molecule is CCCCCC[C@H]1CC[C@H](c2ccc3cc(OCCC)ccc3c2)CC1. The van der Waals surface area contributed by atoms with E-state index in [2.05, 4.69) is 50.2 Å². The number of ether oxygens (including phenoxy) is 1. The van der Waals surface area contributed by atoms with Crippen molar-refractivity contribution in [1.29, 1.82) is 0 Å². The Morgan fingerprint density at radius 1 is 0.808 bits per heavy atom. The molecule has 2 aromatic carbocycles. The normalized spacial score (nSPS) is 20.4. The van der Waals surface area contributed by atoms with Crippen molar-refractivity contribution in [3.8, 4) is 5.75 Å². The summed E-state index contributed by atoms with van der Waals surface area (Å²) in [5.41, 5.74) is 1.55. The maximum Gasteiger partial charge on any atom is 0.119 e. The maximum absolute atomic E-state index is 5.77. The molecule has 0 saturated heterocycles. The van der Waals surface area contributed by atoms with E-state index in [-0.39, 0.29) is 0 Å². The van der Waals surface area contributed by atoms with Crippen LogP contribution in [0.2, 0.25) is 0 Å². The number of unbranched alkanes of at least 4 members (excludes halogenated alkanes) is 3. The summed E-state index contributed by atoms with van der Waals surface area (Å²) in [6.07, 6.45) is 13.8. The molecule has 26 heavy (non-hydrogen) atoms. The molecule has 1 aliphatic rings. The van der Waals surface area contributed by atoms with Gasteiger partial charge in [0.15, 0.2) is 0 Å². The van der Waals surface area contributed by atoms with E-state index < -0.39 is 0 Å². The minimum absolute atomic E-state index is 0.766. The van der Waals surface area contributed by atoms with Gasteiger partial charge in [-0.25, -0.2) is 0 Å². The van der Waals surface area contributed by atoms with Crippen LogP contribution in [0.25, 0.3) is 10.8 Å². The molecule has 1 aliphatic carbocycles. The van der Waals surface area contributed by atoms with Gasteiger partial charge in [-0.1, -0.05) is 70.2 Å². The highest BCUT2D eigenvalue weighted by atomic mass is 16.5. The largest absolute Gasteiger partial charge is 0.494 e. The molecule has 0 bridgehead atoms. The average molecular weight is 353 g/mol. The van der Waals surface area contributed by atoms with Gasteiger partial charge in [-0.05, 0) is 72.4 Å². The Hall–Kier alpha value is -1.50. The molecular formula is C25H36O. The standard InChI is InChI=1S/C25H36O/c1-3-5-6-7-8-20-9-11-21(12-10-20)22-13-14-24-19-25(26-17-4-2)16-15-23(24)18-22/h13-16,18-21H,3-12,17H2,1-2H3/t20-,21-. The zero-order valence-electron chi connectivity index (χ0n) is 16.8. The lowest BCUT2D eigenvalue weighted by Gasteiger charge is -2.29. The second-order valence-electron chi connectivity index (χ2n) is 8.18. The van der Waals surface area contributed by atoms with E-state index >= 15 is 0 Å². The van der Waals surface area contributed by atoms with Crippen molar-refractivity contribution < 1.29 is 4.74 Å². The molecule has 1 saturated carbocycles. The molecule has 0 spiro atoms. The Morgan fingerprint density at radius 3 is 2.35 bits per heavy atom. The fourth-order valence-corrected chi connectivity index (χ4v) is 4.45. The van der Waals surface area contributed by atoms with Crippen LogP contribution in [0.3, 0.4) is 0 Å². The summed E-state index contributed by atoms with van der Waals surface area (Å²) >= 11 is 0. The van der Waals surface area contributed by atoms with Crippen LogP contribution in [0.4, 0.5) is 0 Å². The number of fused-ring (bicyclic) bond motifs is 1. The lowest BCUT2D eigenvalue weighted by molar-refractivity contribution is 0.302. The zero-order chi connectivity index (χ0) is 18.2. The van der Waals surface area contributed by atoms with Gasteiger partial charge in [0.25, 0.3) is 0 Å². The van der Waals surface area contributed by atoms with Gasteiger partial charge in [-0.15, -0.1) is 0 Å². The molecular weight excluding hydrogens is 316 g/mol. The molecule has 142 valence electrons. The van der Waals surface area contributed by atoms with Crippen molar-refractivity contribution in [2.24, 2.45) is 5.92 Å². The minimum atomic E-state index is 0.766. The van der Waals surface area contributed by atoms with E-state index in [0.29, 0.717) is 0 Å². The zero-order valence-corrected chi connectivity index (χ0v) is 16.8. The Labute approximate surface area is 160 Å². The van der Waals surface area contributed by atoms with Crippen LogP contribution < -0.4 is 4.74 Å². The van der Waals surface area contributed by atoms with Crippen LogP contribution in [0, 0.1) is 5.92 Å². The first-order valence-electron chi connectivity index (χ1n) is 11.0. The van der Waals surface area contributed by atoms with Crippen LogP contribution in [0.1, 0.15) is 89.5 Å². The van der Waals surface area contributed by atoms with Crippen LogP contribution in [0.15, 0.2) is 36.4 Å². The molecule has 1 nitrogen and oxygen atoms in total. The van der Waals surface area contributed by atoms with E-state index in [4.69, 9.17) is 4.74 Å². The minimum Gasteiger partial charge on any atom is -0.494 e. The summed E-state index contributed by atoms with van der Waals surface area (Å²) in [5, 5.41) is 2.65. The van der Waals surface area contributed by atoms with Gasteiger partial charge in [0.05, 0.1) is 6.61 Å². The summed E-state index contributed by atoms with van der Waals surface area (Å²) in [5.74, 6) is 2.75. The number of benzene rings is 2. The van der Waals surface area contributed by atoms with E-state index in [1.54, 1.807) is 5.56 Å². The van der Waals surface area contributed by atoms with Crippen molar-refractivity contribution >= 4 is 10.8 Å². The molecule has 0 aliphatic heterocycles. The molecule has 1 fully saturated rings. The van der Waals surface area contributed by atoms with E-state index in [1.807, 2.05) is 0 Å². The summed E-state index contributed by atoms with van der Waals surface area (Å²) < 4.78 is 5.77. The Morgan fingerprint density at radius 2 is 1.58 bits per heavy atom. The molecule has 2 aromatic rings. The van der Waals surface area contributed by atoms with Crippen LogP contribution in [0.5, 0.6) is 5.75 Å². The van der Waals surface area contributed by atoms with Gasteiger partial charge in [-0.2, -0.15) is 0 Å². The van der Waals surface area contributed by atoms with Gasteiger partial charge < -0.3 is 4.74 Å². The van der Waals surface area contributed by atoms with Gasteiger partial charge >= 0.3 is 0 Å². The molecule has 0 aromatic heterocycles. The van der Waals surface area contributed by atoms with Crippen molar-refractivity contribution in [1.82, 2.24) is 0 Å². The van der Waals surface area contributed by atoms with Gasteiger partial charge in [0.1, 0.15) is 5.75 Å². The summed E-state index contributed by atoms with van der Waals surface area (Å²) in [7, 11) is 0. The van der Waals surface area contributed by atoms with Crippen LogP contribution in [-0.4, -0.2) is 6.61 Å². The third kappa shape index (κ3) is 5.25. The monoisotopic (exact) mass is 352 g/mol. The molecule has 0 atom stereocenters. The predicted molar refractivity (Wildman–Crippen MR) is 113 cm³/mol. The van der Waals surface area contributed by atoms with Crippen molar-refractivity contribution in [3.05, 3.63) is 42.0 Å². The Balaban J connectivity index is 1.55. The third-order valence-corrected chi connectivity index (χ3v) is 6.09. The lowest BCUT2D eigenvalue weighted by atomic mass is 9.77. The highest BCUT2D eigenvalue weighted by Crippen LogP contribution is 2.38. The first-order valence-corrected chi connectivity index (χ1v) is 11.0. The molecule has 1 heteroatoms. The molecule has 3 rings (SSSR count). The third-order valence-electron chi connectivity index (χ3n) is 6.09. The highest BCUT2D eigenvalue weighted by molar-refractivity contribution is 5.84. The van der Waals surface area contributed by atoms with Gasteiger partial charge in [0.2, 0.25) is 0 Å². The fraction of sp³-hybridized carbons (Fsp3) is 0.600. The van der Waals surface area contributed by atoms with Crippen molar-refractivity contribution in [2.75, 3.05) is 6.61 Å². The Kier molecular flexibility index (Phi) is 7.41. The molecule has 0 heterocycles. The highest BCUT2D eigenvalue weighted by Gasteiger charge is 2.22. The molecule has 0 N–H and O–H groups in total. The first kappa shape index (κ1) is 19.3. The van der Waals surface area contributed by atoms with Crippen molar-refractivity contribution in [3.63, 3.8) is 0 Å². The van der Waals surface area contributed by atoms with Gasteiger partial charge in [-0.3, -0.25) is 0 Å². The average Bonchev–Trinajstić information content (AvgIpc) is 2.69. The lowest BCUT2D eigenvalue weighted by Crippen LogP contribution is -2.13. The number of rotatable bonds is 9. The fourth-order valence-electron chi connectivity index (χ4n) is 4.45. The van der Waals surface area contributed by atoms with Crippen LogP contribution >= 0.6 is 0 Å². The topological polar surface area (TPSA) is 9.23 Å². The summed E-state index contributed by atoms with van der Waals surface area (Å²) in [6, 6.07) is 13.6. The molecule has 0 radical (unpaired) electrons. The number of hydrogen-bond acceptors (Lipinski definition) is 1. The van der Waals surface area contributed by atoms with E-state index in [1.165, 1.54) is 68.6 Å². The van der Waals surface area contributed by atoms with Crippen molar-refractivity contribution in [2.45, 2.75) is 84.0 Å². The maximum atomic E-state index is 5.77. The van der Waals surface area contributed by atoms with Crippen LogP contribution in [-0.2, 0) is 0 Å². The van der Waals surface area contributed by atoms with Gasteiger partial charge in [0, 0.05) is 0 Å². The van der Waals surface area contributed by atoms with E-state index in [0.717, 1.165) is 30.6 Å². The first-order chi connectivity index (χ1) is 12.8. The summed E-state index contributed by atoms with van der Waals surface area (Å²) in [6.45, 7) is 5.24. The quantitative estimate of drug-likeness (QED) is 0.417. The molecule has 0 unspecified atom stereocenters. The predicted octanol–water partition coefficient (Wildman–Crippen LogP) is 7.87. The van der Waals surface area contributed by atoms with E-state index in [9.17, 15) is 0 Å². The Bertz CT molecular complexity index is 667. The summed E-state index contributed by atoms with van der Waals surface area (Å²) in [4.78, 5) is 0.